The molecule has 8 heteroatoms. The summed E-state index contributed by atoms with van der Waals surface area (Å²) >= 11 is 0. The van der Waals surface area contributed by atoms with E-state index >= 15 is 0 Å². The molecule has 4 aliphatic rings. The number of rotatable bonds is 6. The van der Waals surface area contributed by atoms with Crippen LogP contribution >= 0.6 is 0 Å². The van der Waals surface area contributed by atoms with Crippen molar-refractivity contribution in [1.29, 1.82) is 0 Å². The van der Waals surface area contributed by atoms with Gasteiger partial charge in [0.05, 0.1) is 35.7 Å². The molecule has 4 saturated carbocycles. The van der Waals surface area contributed by atoms with Crippen LogP contribution in [0.25, 0.3) is 17.5 Å². The fourth-order valence-electron chi connectivity index (χ4n) is 6.58. The van der Waals surface area contributed by atoms with E-state index in [2.05, 4.69) is 15.7 Å². The highest BCUT2D eigenvalue weighted by Crippen LogP contribution is 2.55. The van der Waals surface area contributed by atoms with E-state index in [0.29, 0.717) is 29.0 Å². The highest BCUT2D eigenvalue weighted by atomic mass is 16.5. The average molecular weight is 479 g/mol. The normalized spacial score (nSPS) is 29.4. The number of carbonyl (C=O) groups excluding carboxylic acids is 2. The van der Waals surface area contributed by atoms with E-state index < -0.39 is 17.2 Å². The van der Waals surface area contributed by atoms with Crippen LogP contribution in [0, 0.1) is 17.8 Å². The Bertz CT molecular complexity index is 1120. The molecule has 0 spiro atoms. The molecule has 1 aromatic carbocycles. The zero-order valence-electron chi connectivity index (χ0n) is 20.5. The van der Waals surface area contributed by atoms with Gasteiger partial charge in [-0.25, -0.2) is 9.48 Å². The number of nitrogens with one attached hydrogen (secondary N) is 2. The molecule has 186 valence electrons. The van der Waals surface area contributed by atoms with E-state index in [1.807, 2.05) is 50.3 Å². The van der Waals surface area contributed by atoms with Crippen LogP contribution < -0.4 is 10.6 Å². The minimum Gasteiger partial charge on any atom is -0.453 e. The third-order valence-electron chi connectivity index (χ3n) is 7.87. The summed E-state index contributed by atoms with van der Waals surface area (Å²) in [6, 6.07) is 9.79. The molecule has 0 radical (unpaired) electrons. The van der Waals surface area contributed by atoms with Crippen molar-refractivity contribution in [1.82, 2.24) is 20.4 Å². The smallest absolute Gasteiger partial charge is 0.407 e. The van der Waals surface area contributed by atoms with Gasteiger partial charge in [-0.05, 0) is 69.8 Å². The number of benzene rings is 1. The Balaban J connectivity index is 1.41. The predicted octanol–water partition coefficient (Wildman–Crippen LogP) is 3.82. The second-order valence-electron chi connectivity index (χ2n) is 11.1. The number of hydrogen-bond acceptors (Lipinski definition) is 5. The molecule has 2 atom stereocenters. The molecule has 6 rings (SSSR count). The summed E-state index contributed by atoms with van der Waals surface area (Å²) in [6.45, 7) is 3.69. The zero-order chi connectivity index (χ0) is 24.8. The van der Waals surface area contributed by atoms with Crippen LogP contribution in [-0.2, 0) is 4.74 Å². The summed E-state index contributed by atoms with van der Waals surface area (Å²) in [6.07, 6.45) is 9.28. The van der Waals surface area contributed by atoms with Crippen molar-refractivity contribution < 1.29 is 19.4 Å². The van der Waals surface area contributed by atoms with Crippen molar-refractivity contribution in [3.05, 3.63) is 48.2 Å². The molecule has 0 aliphatic heterocycles. The fourth-order valence-corrected chi connectivity index (χ4v) is 6.58. The number of ether oxygens (including phenoxy) is 1. The maximum absolute atomic E-state index is 13.6. The molecule has 2 unspecified atom stereocenters. The summed E-state index contributed by atoms with van der Waals surface area (Å²) in [5.41, 5.74) is 0.852. The molecule has 2 amide bonds. The van der Waals surface area contributed by atoms with E-state index in [-0.39, 0.29) is 11.9 Å². The molecule has 0 saturated heterocycles. The van der Waals surface area contributed by atoms with Crippen molar-refractivity contribution in [2.45, 2.75) is 63.1 Å². The number of carbonyl (C=O) groups is 2. The van der Waals surface area contributed by atoms with E-state index in [9.17, 15) is 14.7 Å². The standard InChI is InChI=1S/C27H34N4O4/c1-26(2,30-25(33)35-3)9-10-31-23(18-7-5-4-6-8-18)21(16-28-31)24(32)29-22-19-11-17-12-20(22)15-27(34,13-17)14-19/h4-10,16-17,19-20,22,34H,11-15H2,1-3H3,(H,29,32)(H,30,33)/b10-9+/t17?,19?,20?,22-,27-. The van der Waals surface area contributed by atoms with E-state index in [0.717, 1.165) is 37.7 Å². The highest BCUT2D eigenvalue weighted by Gasteiger charge is 2.55. The number of methoxy groups -OCH3 is 1. The fraction of sp³-hybridized carbons (Fsp3) is 0.519. The van der Waals surface area contributed by atoms with Crippen LogP contribution in [0.15, 0.2) is 42.6 Å². The maximum Gasteiger partial charge on any atom is 0.407 e. The molecule has 1 heterocycles. The first-order valence-corrected chi connectivity index (χ1v) is 12.4. The van der Waals surface area contributed by atoms with Crippen LogP contribution in [0.3, 0.4) is 0 Å². The topological polar surface area (TPSA) is 105 Å². The quantitative estimate of drug-likeness (QED) is 0.585. The molecule has 4 bridgehead atoms. The lowest BCUT2D eigenvalue weighted by Gasteiger charge is -2.58. The lowest BCUT2D eigenvalue weighted by Crippen LogP contribution is -2.61. The van der Waals surface area contributed by atoms with Gasteiger partial charge in [0.2, 0.25) is 0 Å². The Morgan fingerprint density at radius 2 is 1.86 bits per heavy atom. The molecular formula is C27H34N4O4. The van der Waals surface area contributed by atoms with Gasteiger partial charge in [-0.15, -0.1) is 0 Å². The third kappa shape index (κ3) is 4.72. The molecule has 35 heavy (non-hydrogen) atoms. The van der Waals surface area contributed by atoms with Crippen LogP contribution in [0.2, 0.25) is 0 Å². The average Bonchev–Trinajstić information content (AvgIpc) is 3.23. The van der Waals surface area contributed by atoms with Gasteiger partial charge < -0.3 is 20.5 Å². The molecule has 2 aromatic rings. The van der Waals surface area contributed by atoms with Gasteiger partial charge >= 0.3 is 6.09 Å². The summed E-state index contributed by atoms with van der Waals surface area (Å²) in [5, 5.41) is 21.5. The largest absolute Gasteiger partial charge is 0.453 e. The Labute approximate surface area is 205 Å². The third-order valence-corrected chi connectivity index (χ3v) is 7.87. The first kappa shape index (κ1) is 23.6. The Morgan fingerprint density at radius 1 is 1.17 bits per heavy atom. The van der Waals surface area contributed by atoms with Crippen molar-refractivity contribution in [2.24, 2.45) is 17.8 Å². The van der Waals surface area contributed by atoms with Gasteiger partial charge in [0.25, 0.3) is 5.91 Å². The number of aliphatic hydroxyl groups is 1. The number of amides is 2. The Hall–Kier alpha value is -3.13. The van der Waals surface area contributed by atoms with Crippen LogP contribution in [-0.4, -0.2) is 51.2 Å². The Kier molecular flexibility index (Phi) is 5.95. The number of nitrogens with zero attached hydrogens (tertiary/aromatic N) is 2. The molecule has 4 aliphatic carbocycles. The second-order valence-corrected chi connectivity index (χ2v) is 11.1. The SMILES string of the molecule is COC(=O)NC(C)(C)/C=C/n1ncc(C(=O)N[C@H]2C3CC4CC2C[C@](O)(C4)C3)c1-c1ccccc1. The van der Waals surface area contributed by atoms with Crippen molar-refractivity contribution in [3.63, 3.8) is 0 Å². The monoisotopic (exact) mass is 478 g/mol. The first-order valence-electron chi connectivity index (χ1n) is 12.4. The first-order chi connectivity index (χ1) is 16.7. The van der Waals surface area contributed by atoms with E-state index in [4.69, 9.17) is 4.74 Å². The predicted molar refractivity (Wildman–Crippen MR) is 132 cm³/mol. The number of hydrogen-bond donors (Lipinski definition) is 3. The number of alkyl carbamates (subject to hydrolysis) is 1. The molecule has 4 fully saturated rings. The summed E-state index contributed by atoms with van der Waals surface area (Å²) in [7, 11) is 1.32. The van der Waals surface area contributed by atoms with Gasteiger partial charge in [0.1, 0.15) is 0 Å². The second kappa shape index (κ2) is 8.82. The summed E-state index contributed by atoms with van der Waals surface area (Å²) in [5.74, 6) is 1.10. The lowest BCUT2D eigenvalue weighted by molar-refractivity contribution is -0.136. The lowest BCUT2D eigenvalue weighted by atomic mass is 9.52. The van der Waals surface area contributed by atoms with Crippen molar-refractivity contribution in [2.75, 3.05) is 7.11 Å². The summed E-state index contributed by atoms with van der Waals surface area (Å²) < 4.78 is 6.38. The minimum absolute atomic E-state index is 0.0880. The summed E-state index contributed by atoms with van der Waals surface area (Å²) in [4.78, 5) is 25.3. The van der Waals surface area contributed by atoms with E-state index in [1.54, 1.807) is 17.1 Å². The Morgan fingerprint density at radius 3 is 2.49 bits per heavy atom. The molecule has 1 aromatic heterocycles. The molecular weight excluding hydrogens is 444 g/mol. The number of aromatic nitrogens is 2. The maximum atomic E-state index is 13.6. The van der Waals surface area contributed by atoms with Crippen LogP contribution in [0.5, 0.6) is 0 Å². The van der Waals surface area contributed by atoms with Gasteiger partial charge in [-0.2, -0.15) is 5.10 Å². The zero-order valence-corrected chi connectivity index (χ0v) is 20.5. The van der Waals surface area contributed by atoms with Gasteiger partial charge in [0, 0.05) is 17.8 Å². The van der Waals surface area contributed by atoms with Crippen molar-refractivity contribution >= 4 is 18.2 Å². The van der Waals surface area contributed by atoms with E-state index in [1.165, 1.54) is 7.11 Å². The van der Waals surface area contributed by atoms with Crippen molar-refractivity contribution in [3.8, 4) is 11.3 Å². The van der Waals surface area contributed by atoms with Gasteiger partial charge in [-0.1, -0.05) is 30.3 Å². The van der Waals surface area contributed by atoms with Crippen LogP contribution in [0.4, 0.5) is 4.79 Å². The molecule has 8 nitrogen and oxygen atoms in total. The van der Waals surface area contributed by atoms with Gasteiger partial charge in [-0.3, -0.25) is 4.79 Å². The highest BCUT2D eigenvalue weighted by molar-refractivity contribution is 6.00. The molecule has 3 N–H and O–H groups in total. The minimum atomic E-state index is -0.684. The van der Waals surface area contributed by atoms with Crippen LogP contribution in [0.1, 0.15) is 56.3 Å². The van der Waals surface area contributed by atoms with Gasteiger partial charge in [0.15, 0.2) is 0 Å².